The second kappa shape index (κ2) is 9.28. The Morgan fingerprint density at radius 1 is 1.07 bits per heavy atom. The normalized spacial score (nSPS) is 11.6. The van der Waals surface area contributed by atoms with Gasteiger partial charge < -0.3 is 5.32 Å². The van der Waals surface area contributed by atoms with Gasteiger partial charge in [0.05, 0.1) is 17.4 Å². The number of pyridine rings is 2. The average molecular weight is 416 g/mol. The molecular formula is C23H21N5OS. The number of nitrogens with one attached hydrogen (secondary N) is 2. The van der Waals surface area contributed by atoms with Crippen LogP contribution in [0.15, 0.2) is 78.6 Å². The van der Waals surface area contributed by atoms with Crippen LogP contribution in [0.5, 0.6) is 0 Å². The summed E-state index contributed by atoms with van der Waals surface area (Å²) in [6, 6.07) is 17.2. The predicted molar refractivity (Wildman–Crippen MR) is 119 cm³/mol. The van der Waals surface area contributed by atoms with Crippen molar-refractivity contribution < 1.29 is 4.79 Å². The van der Waals surface area contributed by atoms with Crippen LogP contribution in [0.4, 0.5) is 9.93 Å². The van der Waals surface area contributed by atoms with Gasteiger partial charge in [0.15, 0.2) is 5.13 Å². The van der Waals surface area contributed by atoms with E-state index in [1.807, 2.05) is 35.7 Å². The summed E-state index contributed by atoms with van der Waals surface area (Å²) in [5.74, 6) is 0. The van der Waals surface area contributed by atoms with Gasteiger partial charge >= 0.3 is 6.03 Å². The number of carbonyl (C=O) groups excluding carboxylic acids is 1. The van der Waals surface area contributed by atoms with Crippen molar-refractivity contribution >= 4 is 22.5 Å². The molecule has 150 valence electrons. The molecule has 30 heavy (non-hydrogen) atoms. The van der Waals surface area contributed by atoms with Crippen molar-refractivity contribution in [3.8, 4) is 11.3 Å². The molecule has 0 saturated heterocycles. The summed E-state index contributed by atoms with van der Waals surface area (Å²) in [6.45, 7) is 2.06. The first kappa shape index (κ1) is 19.7. The van der Waals surface area contributed by atoms with Gasteiger partial charge in [0, 0.05) is 29.5 Å². The van der Waals surface area contributed by atoms with E-state index in [9.17, 15) is 4.79 Å². The fraction of sp³-hybridized carbons (Fsp3) is 0.130. The molecular weight excluding hydrogens is 394 g/mol. The van der Waals surface area contributed by atoms with Crippen LogP contribution in [-0.2, 0) is 6.42 Å². The van der Waals surface area contributed by atoms with Gasteiger partial charge in [0.25, 0.3) is 0 Å². The summed E-state index contributed by atoms with van der Waals surface area (Å²) in [4.78, 5) is 25.7. The Morgan fingerprint density at radius 2 is 1.93 bits per heavy atom. The van der Waals surface area contributed by atoms with Crippen LogP contribution in [0.1, 0.15) is 22.9 Å². The van der Waals surface area contributed by atoms with Crippen LogP contribution >= 0.6 is 11.3 Å². The second-order valence-corrected chi connectivity index (χ2v) is 7.73. The molecule has 0 aliphatic heterocycles. The number of hydrogen-bond donors (Lipinski definition) is 2. The lowest BCUT2D eigenvalue weighted by atomic mass is 10.0. The molecule has 0 bridgehead atoms. The highest BCUT2D eigenvalue weighted by Gasteiger charge is 2.17. The summed E-state index contributed by atoms with van der Waals surface area (Å²) < 4.78 is 0. The van der Waals surface area contributed by atoms with Crippen molar-refractivity contribution in [1.82, 2.24) is 20.3 Å². The largest absolute Gasteiger partial charge is 0.329 e. The molecule has 1 atom stereocenters. The van der Waals surface area contributed by atoms with E-state index in [2.05, 4.69) is 56.8 Å². The number of nitrogens with zero attached hydrogens (tertiary/aromatic N) is 3. The number of aryl methyl sites for hydroxylation is 1. The van der Waals surface area contributed by atoms with Crippen LogP contribution in [0.25, 0.3) is 11.3 Å². The number of carbonyl (C=O) groups is 1. The van der Waals surface area contributed by atoms with E-state index in [0.717, 1.165) is 22.5 Å². The van der Waals surface area contributed by atoms with Crippen LogP contribution in [-0.4, -0.2) is 21.0 Å². The van der Waals surface area contributed by atoms with Crippen molar-refractivity contribution in [3.63, 3.8) is 0 Å². The van der Waals surface area contributed by atoms with Crippen molar-refractivity contribution in [2.45, 2.75) is 19.4 Å². The molecule has 1 aromatic carbocycles. The number of urea groups is 1. The molecule has 1 unspecified atom stereocenters. The molecule has 0 radical (unpaired) electrons. The molecule has 3 aromatic heterocycles. The molecule has 4 rings (SSSR count). The maximum Gasteiger partial charge on any atom is 0.321 e. The van der Waals surface area contributed by atoms with Crippen LogP contribution in [0, 0.1) is 6.92 Å². The Morgan fingerprint density at radius 3 is 2.67 bits per heavy atom. The molecule has 0 aliphatic carbocycles. The minimum Gasteiger partial charge on any atom is -0.329 e. The standard InChI is InChI=1S/C23H21N5OS/c1-16-7-9-17(10-8-16)13-20(19-6-2-3-12-25-19)26-22(29)28-23-27-21(15-30-23)18-5-4-11-24-14-18/h2-12,14-15,20H,13H2,1H3,(H2,26,27,28,29). The fourth-order valence-corrected chi connectivity index (χ4v) is 3.76. The maximum absolute atomic E-state index is 12.7. The second-order valence-electron chi connectivity index (χ2n) is 6.87. The third-order valence-corrected chi connectivity index (χ3v) is 5.35. The number of benzene rings is 1. The van der Waals surface area contributed by atoms with Crippen molar-refractivity contribution in [1.29, 1.82) is 0 Å². The number of aromatic nitrogens is 3. The van der Waals surface area contributed by atoms with E-state index in [1.54, 1.807) is 18.6 Å². The monoisotopic (exact) mass is 415 g/mol. The molecule has 3 heterocycles. The lowest BCUT2D eigenvalue weighted by Crippen LogP contribution is -2.34. The van der Waals surface area contributed by atoms with Gasteiger partial charge in [-0.15, -0.1) is 11.3 Å². The number of amides is 2. The number of thiazole rings is 1. The summed E-state index contributed by atoms with van der Waals surface area (Å²) in [7, 11) is 0. The Labute approximate surface area is 179 Å². The summed E-state index contributed by atoms with van der Waals surface area (Å²) >= 11 is 1.37. The van der Waals surface area contributed by atoms with Crippen molar-refractivity contribution in [3.05, 3.63) is 95.4 Å². The van der Waals surface area contributed by atoms with Crippen molar-refractivity contribution in [2.75, 3.05) is 5.32 Å². The molecule has 0 fully saturated rings. The van der Waals surface area contributed by atoms with Gasteiger partial charge in [-0.1, -0.05) is 35.9 Å². The quantitative estimate of drug-likeness (QED) is 0.464. The first-order valence-electron chi connectivity index (χ1n) is 9.57. The number of rotatable bonds is 6. The molecule has 0 spiro atoms. The van der Waals surface area contributed by atoms with E-state index >= 15 is 0 Å². The third-order valence-electron chi connectivity index (χ3n) is 4.59. The SMILES string of the molecule is Cc1ccc(CC(NC(=O)Nc2nc(-c3cccnc3)cs2)c2ccccn2)cc1. The lowest BCUT2D eigenvalue weighted by Gasteiger charge is -2.18. The van der Waals surface area contributed by atoms with E-state index < -0.39 is 0 Å². The minimum atomic E-state index is -0.315. The first-order chi connectivity index (χ1) is 14.7. The van der Waals surface area contributed by atoms with Crippen LogP contribution in [0.3, 0.4) is 0 Å². The van der Waals surface area contributed by atoms with Gasteiger partial charge in [-0.25, -0.2) is 9.78 Å². The molecule has 7 heteroatoms. The highest BCUT2D eigenvalue weighted by molar-refractivity contribution is 7.14. The highest BCUT2D eigenvalue weighted by atomic mass is 32.1. The summed E-state index contributed by atoms with van der Waals surface area (Å²) in [5, 5.41) is 8.30. The minimum absolute atomic E-state index is 0.258. The Bertz CT molecular complexity index is 1100. The zero-order valence-electron chi connectivity index (χ0n) is 16.4. The smallest absolute Gasteiger partial charge is 0.321 e. The first-order valence-corrected chi connectivity index (χ1v) is 10.5. The van der Waals surface area contributed by atoms with E-state index in [-0.39, 0.29) is 12.1 Å². The molecule has 4 aromatic rings. The molecule has 2 N–H and O–H groups in total. The van der Waals surface area contributed by atoms with Gasteiger partial charge in [0.2, 0.25) is 0 Å². The predicted octanol–water partition coefficient (Wildman–Crippen LogP) is 5.01. The fourth-order valence-electron chi connectivity index (χ4n) is 3.04. The maximum atomic E-state index is 12.7. The number of anilines is 1. The van der Waals surface area contributed by atoms with Crippen LogP contribution in [0.2, 0.25) is 0 Å². The topological polar surface area (TPSA) is 79.8 Å². The zero-order valence-corrected chi connectivity index (χ0v) is 17.3. The molecule has 2 amide bonds. The third kappa shape index (κ3) is 5.07. The van der Waals surface area contributed by atoms with E-state index in [4.69, 9.17) is 0 Å². The molecule has 0 aliphatic rings. The Balaban J connectivity index is 1.46. The van der Waals surface area contributed by atoms with Gasteiger partial charge in [-0.05, 0) is 43.2 Å². The Kier molecular flexibility index (Phi) is 6.10. The summed E-state index contributed by atoms with van der Waals surface area (Å²) in [6.07, 6.45) is 5.84. The average Bonchev–Trinajstić information content (AvgIpc) is 3.24. The highest BCUT2D eigenvalue weighted by Crippen LogP contribution is 2.24. The molecule has 6 nitrogen and oxygen atoms in total. The van der Waals surface area contributed by atoms with Crippen molar-refractivity contribution in [2.24, 2.45) is 0 Å². The molecule has 0 saturated carbocycles. The van der Waals surface area contributed by atoms with Crippen LogP contribution < -0.4 is 10.6 Å². The Hall–Kier alpha value is -3.58. The number of hydrogen-bond acceptors (Lipinski definition) is 5. The lowest BCUT2D eigenvalue weighted by molar-refractivity contribution is 0.248. The van der Waals surface area contributed by atoms with Gasteiger partial charge in [-0.2, -0.15) is 0 Å². The van der Waals surface area contributed by atoms with E-state index in [1.165, 1.54) is 16.9 Å². The summed E-state index contributed by atoms with van der Waals surface area (Å²) in [5.41, 5.74) is 4.83. The van der Waals surface area contributed by atoms with Gasteiger partial charge in [-0.3, -0.25) is 15.3 Å². The van der Waals surface area contributed by atoms with Gasteiger partial charge in [0.1, 0.15) is 0 Å². The van der Waals surface area contributed by atoms with E-state index in [0.29, 0.717) is 11.6 Å². The zero-order chi connectivity index (χ0) is 20.8.